The predicted molar refractivity (Wildman–Crippen MR) is 78.4 cm³/mol. The number of hydrogen-bond acceptors (Lipinski definition) is 6. The number of nitrogens with zero attached hydrogens (tertiary/aromatic N) is 2. The maximum Gasteiger partial charge on any atom is 0.158 e. The molecule has 0 saturated heterocycles. The molecule has 0 radical (unpaired) electrons. The SMILES string of the molecule is CCOCc1nc(N)cc(NCCCOCC2CC2)n1. The molecule has 1 aliphatic carbocycles. The van der Waals surface area contributed by atoms with Crippen molar-refractivity contribution in [1.82, 2.24) is 9.97 Å². The minimum absolute atomic E-state index is 0.390. The number of nitrogen functional groups attached to an aromatic ring is 1. The monoisotopic (exact) mass is 280 g/mol. The van der Waals surface area contributed by atoms with Crippen LogP contribution in [0.25, 0.3) is 0 Å². The fraction of sp³-hybridized carbons (Fsp3) is 0.714. The molecular weight excluding hydrogens is 256 g/mol. The van der Waals surface area contributed by atoms with Gasteiger partial charge in [0.15, 0.2) is 5.82 Å². The Kier molecular flexibility index (Phi) is 6.01. The lowest BCUT2D eigenvalue weighted by molar-refractivity contribution is 0.124. The van der Waals surface area contributed by atoms with E-state index in [4.69, 9.17) is 15.2 Å². The molecule has 0 atom stereocenters. The maximum atomic E-state index is 5.75. The second-order valence-electron chi connectivity index (χ2n) is 5.03. The first-order valence-electron chi connectivity index (χ1n) is 7.30. The van der Waals surface area contributed by atoms with Crippen LogP contribution in [0, 0.1) is 5.92 Å². The van der Waals surface area contributed by atoms with E-state index in [9.17, 15) is 0 Å². The Hall–Kier alpha value is -1.40. The van der Waals surface area contributed by atoms with Gasteiger partial charge in [-0.1, -0.05) is 0 Å². The van der Waals surface area contributed by atoms with E-state index in [1.54, 1.807) is 6.07 Å². The van der Waals surface area contributed by atoms with Gasteiger partial charge in [-0.2, -0.15) is 0 Å². The second kappa shape index (κ2) is 8.01. The first-order chi connectivity index (χ1) is 9.78. The third kappa shape index (κ3) is 5.71. The third-order valence-corrected chi connectivity index (χ3v) is 3.05. The van der Waals surface area contributed by atoms with Gasteiger partial charge in [-0.05, 0) is 32.1 Å². The molecule has 1 aliphatic rings. The van der Waals surface area contributed by atoms with Gasteiger partial charge in [0.25, 0.3) is 0 Å². The molecule has 0 unspecified atom stereocenters. The molecule has 0 amide bonds. The normalized spacial score (nSPS) is 14.4. The van der Waals surface area contributed by atoms with E-state index >= 15 is 0 Å². The molecule has 6 nitrogen and oxygen atoms in total. The highest BCUT2D eigenvalue weighted by Gasteiger charge is 2.20. The highest BCUT2D eigenvalue weighted by molar-refractivity contribution is 5.44. The zero-order chi connectivity index (χ0) is 14.2. The molecule has 112 valence electrons. The number of anilines is 2. The average Bonchev–Trinajstić information content (AvgIpc) is 3.24. The molecule has 0 spiro atoms. The number of rotatable bonds is 10. The summed E-state index contributed by atoms with van der Waals surface area (Å²) in [7, 11) is 0. The lowest BCUT2D eigenvalue weighted by Crippen LogP contribution is -2.10. The molecule has 3 N–H and O–H groups in total. The Labute approximate surface area is 120 Å². The Morgan fingerprint density at radius 1 is 1.35 bits per heavy atom. The number of hydrogen-bond donors (Lipinski definition) is 2. The minimum atomic E-state index is 0.390. The Morgan fingerprint density at radius 3 is 2.95 bits per heavy atom. The van der Waals surface area contributed by atoms with Crippen molar-refractivity contribution in [3.8, 4) is 0 Å². The first-order valence-corrected chi connectivity index (χ1v) is 7.30. The van der Waals surface area contributed by atoms with Crippen molar-refractivity contribution >= 4 is 11.6 Å². The minimum Gasteiger partial charge on any atom is -0.384 e. The van der Waals surface area contributed by atoms with E-state index in [0.717, 1.165) is 37.9 Å². The van der Waals surface area contributed by atoms with E-state index < -0.39 is 0 Å². The number of nitrogens with one attached hydrogen (secondary N) is 1. The van der Waals surface area contributed by atoms with Gasteiger partial charge in [-0.15, -0.1) is 0 Å². The van der Waals surface area contributed by atoms with Crippen molar-refractivity contribution in [3.63, 3.8) is 0 Å². The Morgan fingerprint density at radius 2 is 2.20 bits per heavy atom. The molecule has 1 aromatic rings. The molecule has 0 aliphatic heterocycles. The van der Waals surface area contributed by atoms with Crippen molar-refractivity contribution in [1.29, 1.82) is 0 Å². The van der Waals surface area contributed by atoms with Crippen LogP contribution in [0.3, 0.4) is 0 Å². The largest absolute Gasteiger partial charge is 0.384 e. The summed E-state index contributed by atoms with van der Waals surface area (Å²) < 4.78 is 10.9. The highest BCUT2D eigenvalue weighted by Crippen LogP contribution is 2.28. The standard InChI is InChI=1S/C14H24N4O2/c1-2-19-10-14-17-12(15)8-13(18-14)16-6-3-7-20-9-11-4-5-11/h8,11H,2-7,9-10H2,1H3,(H3,15,16,17,18). The van der Waals surface area contributed by atoms with Gasteiger partial charge in [0, 0.05) is 32.4 Å². The van der Waals surface area contributed by atoms with Crippen LogP contribution < -0.4 is 11.1 Å². The van der Waals surface area contributed by atoms with Crippen LogP contribution >= 0.6 is 0 Å². The third-order valence-electron chi connectivity index (χ3n) is 3.05. The summed E-state index contributed by atoms with van der Waals surface area (Å²) in [5.74, 6) is 2.64. The smallest absolute Gasteiger partial charge is 0.158 e. The molecule has 20 heavy (non-hydrogen) atoms. The second-order valence-corrected chi connectivity index (χ2v) is 5.03. The lowest BCUT2D eigenvalue weighted by atomic mass is 10.4. The van der Waals surface area contributed by atoms with Gasteiger partial charge in [0.1, 0.15) is 18.2 Å². The first kappa shape index (κ1) is 15.0. The lowest BCUT2D eigenvalue weighted by Gasteiger charge is -2.08. The van der Waals surface area contributed by atoms with Crippen LogP contribution in [0.5, 0.6) is 0 Å². The molecule has 0 bridgehead atoms. The van der Waals surface area contributed by atoms with Crippen LogP contribution in [-0.2, 0) is 16.1 Å². The molecule has 1 aromatic heterocycles. The van der Waals surface area contributed by atoms with Gasteiger partial charge >= 0.3 is 0 Å². The van der Waals surface area contributed by atoms with Crippen molar-refractivity contribution in [2.24, 2.45) is 5.92 Å². The topological polar surface area (TPSA) is 82.3 Å². The van der Waals surface area contributed by atoms with Crippen molar-refractivity contribution < 1.29 is 9.47 Å². The summed E-state index contributed by atoms with van der Waals surface area (Å²) in [5.41, 5.74) is 5.75. The van der Waals surface area contributed by atoms with E-state index in [2.05, 4.69) is 15.3 Å². The summed E-state index contributed by atoms with van der Waals surface area (Å²) in [5, 5.41) is 3.24. The zero-order valence-electron chi connectivity index (χ0n) is 12.1. The van der Waals surface area contributed by atoms with Gasteiger partial charge in [0.05, 0.1) is 0 Å². The van der Waals surface area contributed by atoms with E-state index in [-0.39, 0.29) is 0 Å². The van der Waals surface area contributed by atoms with E-state index in [0.29, 0.717) is 24.9 Å². The van der Waals surface area contributed by atoms with Crippen LogP contribution in [0.15, 0.2) is 6.07 Å². The number of ether oxygens (including phenoxy) is 2. The summed E-state index contributed by atoms with van der Waals surface area (Å²) >= 11 is 0. The molecule has 1 saturated carbocycles. The molecule has 2 rings (SSSR count). The van der Waals surface area contributed by atoms with Crippen LogP contribution in [0.4, 0.5) is 11.6 Å². The maximum absolute atomic E-state index is 5.75. The van der Waals surface area contributed by atoms with Gasteiger partial charge in [0.2, 0.25) is 0 Å². The fourth-order valence-electron chi connectivity index (χ4n) is 1.79. The predicted octanol–water partition coefficient (Wildman–Crippen LogP) is 1.82. The van der Waals surface area contributed by atoms with Gasteiger partial charge < -0.3 is 20.5 Å². The highest BCUT2D eigenvalue weighted by atomic mass is 16.5. The Balaban J connectivity index is 1.66. The molecule has 0 aromatic carbocycles. The van der Waals surface area contributed by atoms with Crippen LogP contribution in [0.2, 0.25) is 0 Å². The summed E-state index contributed by atoms with van der Waals surface area (Å²) in [4.78, 5) is 8.49. The zero-order valence-corrected chi connectivity index (χ0v) is 12.1. The van der Waals surface area contributed by atoms with Crippen molar-refractivity contribution in [2.75, 3.05) is 37.4 Å². The van der Waals surface area contributed by atoms with Gasteiger partial charge in [-0.3, -0.25) is 0 Å². The van der Waals surface area contributed by atoms with Crippen LogP contribution in [-0.4, -0.2) is 36.3 Å². The average molecular weight is 280 g/mol. The summed E-state index contributed by atoms with van der Waals surface area (Å²) in [6.45, 7) is 5.48. The summed E-state index contributed by atoms with van der Waals surface area (Å²) in [6, 6.07) is 1.74. The van der Waals surface area contributed by atoms with E-state index in [1.807, 2.05) is 6.92 Å². The fourth-order valence-corrected chi connectivity index (χ4v) is 1.79. The molecule has 1 heterocycles. The number of nitrogens with two attached hydrogens (primary N) is 1. The van der Waals surface area contributed by atoms with Gasteiger partial charge in [-0.25, -0.2) is 9.97 Å². The van der Waals surface area contributed by atoms with Crippen molar-refractivity contribution in [2.45, 2.75) is 32.8 Å². The molecule has 1 fully saturated rings. The Bertz CT molecular complexity index is 410. The molecular formula is C14H24N4O2. The van der Waals surface area contributed by atoms with E-state index in [1.165, 1.54) is 12.8 Å². The van der Waals surface area contributed by atoms with Crippen LogP contribution in [0.1, 0.15) is 32.0 Å². The van der Waals surface area contributed by atoms with Crippen molar-refractivity contribution in [3.05, 3.63) is 11.9 Å². The summed E-state index contributed by atoms with van der Waals surface area (Å²) in [6.07, 6.45) is 3.62. The molecule has 6 heteroatoms. The quantitative estimate of drug-likeness (QED) is 0.636. The number of aromatic nitrogens is 2.